The van der Waals surface area contributed by atoms with Crippen LogP contribution in [-0.4, -0.2) is 16.1 Å². The molecule has 1 aliphatic rings. The molecule has 82 valence electrons. The zero-order valence-corrected chi connectivity index (χ0v) is 8.45. The Hall–Kier alpha value is -2.09. The van der Waals surface area contributed by atoms with E-state index in [2.05, 4.69) is 5.32 Å². The fraction of sp³-hybridized carbons (Fsp3) is 0. The number of nitrogens with zero attached hydrogens (tertiary/aromatic N) is 1. The number of furan rings is 1. The summed E-state index contributed by atoms with van der Waals surface area (Å²) in [5.41, 5.74) is 0. The van der Waals surface area contributed by atoms with Crippen LogP contribution in [0.2, 0.25) is 0 Å². The molecular formula is C8H4N2O5S. The number of amides is 2. The molecule has 8 heteroatoms. The van der Waals surface area contributed by atoms with Gasteiger partial charge in [0.1, 0.15) is 10.7 Å². The largest absolute Gasteiger partial charge is 0.433 e. The molecule has 1 aliphatic heterocycles. The van der Waals surface area contributed by atoms with Gasteiger partial charge in [0.15, 0.2) is 0 Å². The molecular weight excluding hydrogens is 236 g/mol. The lowest BCUT2D eigenvalue weighted by molar-refractivity contribution is -0.402. The molecule has 0 aliphatic carbocycles. The van der Waals surface area contributed by atoms with Crippen molar-refractivity contribution < 1.29 is 18.9 Å². The molecule has 0 unspecified atom stereocenters. The Morgan fingerprint density at radius 3 is 2.69 bits per heavy atom. The van der Waals surface area contributed by atoms with Crippen LogP contribution in [0.1, 0.15) is 5.76 Å². The van der Waals surface area contributed by atoms with E-state index in [4.69, 9.17) is 4.42 Å². The van der Waals surface area contributed by atoms with Crippen molar-refractivity contribution >= 4 is 34.9 Å². The Kier molecular flexibility index (Phi) is 2.49. The molecule has 0 bridgehead atoms. The second-order valence-corrected chi connectivity index (χ2v) is 3.80. The molecule has 2 rings (SSSR count). The maximum Gasteiger partial charge on any atom is 0.433 e. The third kappa shape index (κ3) is 1.96. The fourth-order valence-electron chi connectivity index (χ4n) is 1.07. The van der Waals surface area contributed by atoms with Crippen molar-refractivity contribution in [3.63, 3.8) is 0 Å². The molecule has 7 nitrogen and oxygen atoms in total. The number of imide groups is 1. The van der Waals surface area contributed by atoms with E-state index < -0.39 is 22.0 Å². The van der Waals surface area contributed by atoms with Crippen LogP contribution < -0.4 is 5.32 Å². The highest BCUT2D eigenvalue weighted by molar-refractivity contribution is 8.18. The van der Waals surface area contributed by atoms with Crippen LogP contribution in [0.4, 0.5) is 10.7 Å². The van der Waals surface area contributed by atoms with Crippen molar-refractivity contribution in [1.82, 2.24) is 5.32 Å². The zero-order valence-electron chi connectivity index (χ0n) is 7.63. The van der Waals surface area contributed by atoms with Gasteiger partial charge in [0.25, 0.3) is 11.1 Å². The van der Waals surface area contributed by atoms with Crippen molar-refractivity contribution in [2.75, 3.05) is 0 Å². The SMILES string of the molecule is O=C1NC(=O)C(=Cc2ccc([N+](=O)[O-])o2)S1. The second-order valence-electron chi connectivity index (χ2n) is 2.79. The van der Waals surface area contributed by atoms with Gasteiger partial charge in [-0.1, -0.05) is 0 Å². The molecule has 0 spiro atoms. The Morgan fingerprint density at radius 2 is 2.19 bits per heavy atom. The minimum Gasteiger partial charge on any atom is -0.401 e. The van der Waals surface area contributed by atoms with Crippen molar-refractivity contribution in [1.29, 1.82) is 0 Å². The molecule has 0 saturated carbocycles. The lowest BCUT2D eigenvalue weighted by Crippen LogP contribution is -2.17. The standard InChI is InChI=1S/C8H4N2O5S/c11-7-5(16-8(12)9-7)3-4-1-2-6(15-4)10(13)14/h1-3H,(H,9,11,12). The zero-order chi connectivity index (χ0) is 11.7. The third-order valence-electron chi connectivity index (χ3n) is 1.71. The summed E-state index contributed by atoms with van der Waals surface area (Å²) >= 11 is 0.718. The molecule has 1 saturated heterocycles. The van der Waals surface area contributed by atoms with E-state index in [1.807, 2.05) is 0 Å². The molecule has 0 atom stereocenters. The third-order valence-corrected chi connectivity index (χ3v) is 2.52. The van der Waals surface area contributed by atoms with Gasteiger partial charge >= 0.3 is 5.88 Å². The highest BCUT2D eigenvalue weighted by Crippen LogP contribution is 2.27. The first-order chi connectivity index (χ1) is 7.56. The monoisotopic (exact) mass is 240 g/mol. The van der Waals surface area contributed by atoms with E-state index in [0.29, 0.717) is 0 Å². The second kappa shape index (κ2) is 3.81. The summed E-state index contributed by atoms with van der Waals surface area (Å²) in [5.74, 6) is -0.797. The van der Waals surface area contributed by atoms with E-state index in [9.17, 15) is 19.7 Å². The number of thioether (sulfide) groups is 1. The van der Waals surface area contributed by atoms with E-state index in [-0.39, 0.29) is 10.7 Å². The first-order valence-electron chi connectivity index (χ1n) is 4.05. The predicted octanol–water partition coefficient (Wildman–Crippen LogP) is 1.51. The number of hydrogen-bond donors (Lipinski definition) is 1. The Labute approximate surface area is 92.6 Å². The molecule has 1 aromatic rings. The van der Waals surface area contributed by atoms with Crippen LogP contribution in [0.25, 0.3) is 6.08 Å². The minimum absolute atomic E-state index is 0.147. The van der Waals surface area contributed by atoms with Crippen LogP contribution in [0.15, 0.2) is 21.5 Å². The first kappa shape index (κ1) is 10.4. The average molecular weight is 240 g/mol. The quantitative estimate of drug-likeness (QED) is 0.477. The van der Waals surface area contributed by atoms with Gasteiger partial charge < -0.3 is 4.42 Å². The van der Waals surface area contributed by atoms with Gasteiger partial charge in [0.05, 0.1) is 11.0 Å². The summed E-state index contributed by atoms with van der Waals surface area (Å²) in [6, 6.07) is 2.52. The summed E-state index contributed by atoms with van der Waals surface area (Å²) in [6.07, 6.45) is 1.28. The van der Waals surface area contributed by atoms with Crippen LogP contribution >= 0.6 is 11.8 Å². The van der Waals surface area contributed by atoms with E-state index in [1.54, 1.807) is 0 Å². The van der Waals surface area contributed by atoms with Crippen LogP contribution in [0.5, 0.6) is 0 Å². The summed E-state index contributed by atoms with van der Waals surface area (Å²) in [4.78, 5) is 31.7. The van der Waals surface area contributed by atoms with Crippen molar-refractivity contribution in [3.05, 3.63) is 32.9 Å². The number of nitro groups is 1. The number of carbonyl (C=O) groups excluding carboxylic acids is 2. The highest BCUT2D eigenvalue weighted by Gasteiger charge is 2.25. The maximum absolute atomic E-state index is 11.1. The lowest BCUT2D eigenvalue weighted by atomic mass is 10.4. The van der Waals surface area contributed by atoms with Crippen LogP contribution in [-0.2, 0) is 4.79 Å². The first-order valence-corrected chi connectivity index (χ1v) is 4.87. The maximum atomic E-state index is 11.1. The van der Waals surface area contributed by atoms with Crippen molar-refractivity contribution in [2.45, 2.75) is 0 Å². The number of rotatable bonds is 2. The summed E-state index contributed by atoms with van der Waals surface area (Å²) in [5, 5.41) is 11.9. The Bertz CT molecular complexity index is 518. The smallest absolute Gasteiger partial charge is 0.401 e. The van der Waals surface area contributed by atoms with Gasteiger partial charge in [-0.2, -0.15) is 0 Å². The molecule has 1 N–H and O–H groups in total. The van der Waals surface area contributed by atoms with Crippen molar-refractivity contribution in [2.24, 2.45) is 0 Å². The summed E-state index contributed by atoms with van der Waals surface area (Å²) < 4.78 is 4.81. The van der Waals surface area contributed by atoms with Crippen molar-refractivity contribution in [3.8, 4) is 0 Å². The van der Waals surface area contributed by atoms with Gasteiger partial charge in [-0.3, -0.25) is 25.0 Å². The van der Waals surface area contributed by atoms with E-state index >= 15 is 0 Å². The molecule has 2 amide bonds. The number of hydrogen-bond acceptors (Lipinski definition) is 6. The molecule has 16 heavy (non-hydrogen) atoms. The molecule has 1 fully saturated rings. The Morgan fingerprint density at radius 1 is 1.44 bits per heavy atom. The average Bonchev–Trinajstić information content (AvgIpc) is 2.75. The minimum atomic E-state index is -0.685. The topological polar surface area (TPSA) is 102 Å². The van der Waals surface area contributed by atoms with Crippen LogP contribution in [0.3, 0.4) is 0 Å². The van der Waals surface area contributed by atoms with Crippen LogP contribution in [0, 0.1) is 10.1 Å². The molecule has 2 heterocycles. The van der Waals surface area contributed by atoms with Gasteiger partial charge in [0, 0.05) is 6.08 Å². The highest BCUT2D eigenvalue weighted by atomic mass is 32.2. The van der Waals surface area contributed by atoms with Gasteiger partial charge in [0.2, 0.25) is 0 Å². The fourth-order valence-corrected chi connectivity index (χ4v) is 1.73. The normalized spacial score (nSPS) is 17.9. The van der Waals surface area contributed by atoms with E-state index in [0.717, 1.165) is 11.8 Å². The van der Waals surface area contributed by atoms with Gasteiger partial charge in [-0.15, -0.1) is 0 Å². The number of carbonyl (C=O) groups is 2. The number of nitrogens with one attached hydrogen (secondary N) is 1. The summed E-state index contributed by atoms with van der Waals surface area (Å²) in [7, 11) is 0. The molecule has 0 aromatic carbocycles. The summed E-state index contributed by atoms with van der Waals surface area (Å²) in [6.45, 7) is 0. The van der Waals surface area contributed by atoms with E-state index in [1.165, 1.54) is 18.2 Å². The molecule has 0 radical (unpaired) electrons. The van der Waals surface area contributed by atoms with Gasteiger partial charge in [-0.25, -0.2) is 0 Å². The Balaban J connectivity index is 2.26. The predicted molar refractivity (Wildman–Crippen MR) is 54.5 cm³/mol. The lowest BCUT2D eigenvalue weighted by Gasteiger charge is -1.87. The molecule has 1 aromatic heterocycles. The van der Waals surface area contributed by atoms with Gasteiger partial charge in [-0.05, 0) is 17.8 Å².